The van der Waals surface area contributed by atoms with Gasteiger partial charge in [0.25, 0.3) is 0 Å². The van der Waals surface area contributed by atoms with Gasteiger partial charge in [-0.3, -0.25) is 0 Å². The van der Waals surface area contributed by atoms with Gasteiger partial charge in [-0.1, -0.05) is 115 Å². The molecular formula is C25H20. The summed E-state index contributed by atoms with van der Waals surface area (Å²) in [6.07, 6.45) is 9.18. The molecule has 0 spiro atoms. The van der Waals surface area contributed by atoms with Gasteiger partial charge >= 0.3 is 0 Å². The molecule has 25 heavy (non-hydrogen) atoms. The van der Waals surface area contributed by atoms with Crippen molar-refractivity contribution >= 4 is 11.1 Å². The molecule has 0 aliphatic heterocycles. The summed E-state index contributed by atoms with van der Waals surface area (Å²) in [6, 6.07) is 31.9. The highest BCUT2D eigenvalue weighted by Gasteiger charge is 2.12. The van der Waals surface area contributed by atoms with Gasteiger partial charge in [0.05, 0.1) is 0 Å². The van der Waals surface area contributed by atoms with E-state index in [4.69, 9.17) is 0 Å². The van der Waals surface area contributed by atoms with E-state index in [1.165, 1.54) is 27.8 Å². The Hall–Kier alpha value is -3.12. The third-order valence-corrected chi connectivity index (χ3v) is 4.56. The third kappa shape index (κ3) is 3.54. The lowest BCUT2D eigenvalue weighted by Crippen LogP contribution is -1.93. The van der Waals surface area contributed by atoms with Gasteiger partial charge in [0.15, 0.2) is 0 Å². The maximum atomic E-state index is 2.36. The Bertz CT molecular complexity index is 854. The van der Waals surface area contributed by atoms with Gasteiger partial charge < -0.3 is 0 Å². The fraction of sp³-hybridized carbons (Fsp3) is 0.0400. The Morgan fingerprint density at radius 1 is 0.440 bits per heavy atom. The van der Waals surface area contributed by atoms with E-state index in [-0.39, 0.29) is 5.92 Å². The summed E-state index contributed by atoms with van der Waals surface area (Å²) < 4.78 is 0. The number of rotatable bonds is 3. The zero-order chi connectivity index (χ0) is 16.9. The van der Waals surface area contributed by atoms with Crippen molar-refractivity contribution in [3.63, 3.8) is 0 Å². The second kappa shape index (κ2) is 7.19. The highest BCUT2D eigenvalue weighted by molar-refractivity contribution is 5.84. The minimum Gasteiger partial charge on any atom is -0.0653 e. The van der Waals surface area contributed by atoms with E-state index in [2.05, 4.69) is 115 Å². The average molecular weight is 320 g/mol. The largest absolute Gasteiger partial charge is 0.0653 e. The smallest absolute Gasteiger partial charge is 0.0216 e. The van der Waals surface area contributed by atoms with Gasteiger partial charge in [-0.2, -0.15) is 0 Å². The van der Waals surface area contributed by atoms with E-state index >= 15 is 0 Å². The molecular weight excluding hydrogens is 300 g/mol. The van der Waals surface area contributed by atoms with Crippen LogP contribution in [0.3, 0.4) is 0 Å². The van der Waals surface area contributed by atoms with Crippen LogP contribution >= 0.6 is 0 Å². The molecule has 1 aliphatic rings. The predicted molar refractivity (Wildman–Crippen MR) is 107 cm³/mol. The quantitative estimate of drug-likeness (QED) is 0.516. The summed E-state index contributed by atoms with van der Waals surface area (Å²) in [5.41, 5.74) is 6.34. The molecule has 120 valence electrons. The van der Waals surface area contributed by atoms with Gasteiger partial charge in [0.2, 0.25) is 0 Å². The van der Waals surface area contributed by atoms with Crippen molar-refractivity contribution in [1.29, 1.82) is 0 Å². The lowest BCUT2D eigenvalue weighted by molar-refractivity contribution is 1.09. The Kier molecular flexibility index (Phi) is 4.43. The van der Waals surface area contributed by atoms with Crippen LogP contribution in [0.15, 0.2) is 115 Å². The van der Waals surface area contributed by atoms with E-state index < -0.39 is 0 Å². The van der Waals surface area contributed by atoms with Crippen molar-refractivity contribution < 1.29 is 0 Å². The van der Waals surface area contributed by atoms with E-state index in [0.717, 1.165) is 0 Å². The zero-order valence-electron chi connectivity index (χ0n) is 14.0. The molecule has 0 N–H and O–H groups in total. The molecule has 0 saturated carbocycles. The van der Waals surface area contributed by atoms with Gasteiger partial charge in [-0.15, -0.1) is 0 Å². The monoisotopic (exact) mass is 320 g/mol. The van der Waals surface area contributed by atoms with Gasteiger partial charge in [-0.05, 0) is 27.8 Å². The van der Waals surface area contributed by atoms with Crippen LogP contribution in [0.1, 0.15) is 22.6 Å². The van der Waals surface area contributed by atoms with Crippen molar-refractivity contribution in [2.24, 2.45) is 0 Å². The first kappa shape index (κ1) is 15.4. The van der Waals surface area contributed by atoms with Gasteiger partial charge in [-0.25, -0.2) is 0 Å². The molecule has 0 radical (unpaired) electrons. The van der Waals surface area contributed by atoms with Crippen molar-refractivity contribution in [2.45, 2.75) is 5.92 Å². The highest BCUT2D eigenvalue weighted by atomic mass is 14.2. The summed E-state index contributed by atoms with van der Waals surface area (Å²) in [5, 5.41) is 0. The second-order valence-corrected chi connectivity index (χ2v) is 6.25. The van der Waals surface area contributed by atoms with E-state index in [1.807, 2.05) is 0 Å². The van der Waals surface area contributed by atoms with E-state index in [9.17, 15) is 0 Å². The second-order valence-electron chi connectivity index (χ2n) is 6.25. The minimum absolute atomic E-state index is 0.251. The van der Waals surface area contributed by atoms with Crippen LogP contribution in [0.2, 0.25) is 0 Å². The Balaban J connectivity index is 1.81. The Morgan fingerprint density at radius 2 is 0.840 bits per heavy atom. The first-order chi connectivity index (χ1) is 12.4. The van der Waals surface area contributed by atoms with Crippen LogP contribution in [-0.4, -0.2) is 0 Å². The molecule has 0 heteroatoms. The maximum Gasteiger partial charge on any atom is 0.0216 e. The van der Waals surface area contributed by atoms with Crippen LogP contribution in [0, 0.1) is 0 Å². The molecule has 0 nitrogen and oxygen atoms in total. The molecule has 0 fully saturated rings. The zero-order valence-corrected chi connectivity index (χ0v) is 14.0. The van der Waals surface area contributed by atoms with Crippen molar-refractivity contribution in [2.75, 3.05) is 0 Å². The summed E-state index contributed by atoms with van der Waals surface area (Å²) in [5.74, 6) is 0.251. The molecule has 0 bridgehead atoms. The molecule has 4 rings (SSSR count). The fourth-order valence-corrected chi connectivity index (χ4v) is 3.24. The predicted octanol–water partition coefficient (Wildman–Crippen LogP) is 6.51. The molecule has 0 amide bonds. The van der Waals surface area contributed by atoms with Gasteiger partial charge in [0.1, 0.15) is 0 Å². The lowest BCUT2D eigenvalue weighted by atomic mass is 9.93. The molecule has 0 aromatic heterocycles. The first-order valence-corrected chi connectivity index (χ1v) is 8.68. The average Bonchev–Trinajstić information content (AvgIpc) is 2.93. The molecule has 0 unspecified atom stereocenters. The van der Waals surface area contributed by atoms with E-state index in [0.29, 0.717) is 0 Å². The van der Waals surface area contributed by atoms with Crippen molar-refractivity contribution in [1.82, 2.24) is 0 Å². The van der Waals surface area contributed by atoms with Crippen molar-refractivity contribution in [3.05, 3.63) is 132 Å². The van der Waals surface area contributed by atoms with Crippen LogP contribution < -0.4 is 0 Å². The molecule has 3 aromatic carbocycles. The number of allylic oxidation sites excluding steroid dienone is 6. The maximum absolute atomic E-state index is 2.36. The number of hydrogen-bond acceptors (Lipinski definition) is 0. The summed E-state index contributed by atoms with van der Waals surface area (Å²) >= 11 is 0. The number of hydrogen-bond donors (Lipinski definition) is 0. The minimum atomic E-state index is 0.251. The Morgan fingerprint density at radius 3 is 1.28 bits per heavy atom. The van der Waals surface area contributed by atoms with Crippen LogP contribution in [0.4, 0.5) is 0 Å². The number of benzene rings is 3. The Labute approximate surface area is 149 Å². The standard InChI is InChI=1S/C25H20/c1-4-10-20(11-5-1)23-16-17-24(21-12-6-2-7-13-21)19-25(18-23)22-14-8-3-9-15-22/h1-19,25H. The third-order valence-electron chi connectivity index (χ3n) is 4.56. The highest BCUT2D eigenvalue weighted by Crippen LogP contribution is 2.32. The topological polar surface area (TPSA) is 0 Å². The normalized spacial score (nSPS) is 14.6. The summed E-state index contributed by atoms with van der Waals surface area (Å²) in [4.78, 5) is 0. The SMILES string of the molecule is C1=CC(c2ccccc2)=CC(c2ccccc2)C=C1c1ccccc1. The molecule has 1 aliphatic carbocycles. The molecule has 0 saturated heterocycles. The lowest BCUT2D eigenvalue weighted by Gasteiger charge is -2.11. The summed E-state index contributed by atoms with van der Waals surface area (Å²) in [6.45, 7) is 0. The summed E-state index contributed by atoms with van der Waals surface area (Å²) in [7, 11) is 0. The van der Waals surface area contributed by atoms with Crippen LogP contribution in [0.25, 0.3) is 11.1 Å². The van der Waals surface area contributed by atoms with Crippen molar-refractivity contribution in [3.8, 4) is 0 Å². The fourth-order valence-electron chi connectivity index (χ4n) is 3.24. The molecule has 3 aromatic rings. The van der Waals surface area contributed by atoms with Crippen LogP contribution in [0.5, 0.6) is 0 Å². The first-order valence-electron chi connectivity index (χ1n) is 8.68. The van der Waals surface area contributed by atoms with Gasteiger partial charge in [0, 0.05) is 5.92 Å². The van der Waals surface area contributed by atoms with Crippen LogP contribution in [-0.2, 0) is 0 Å². The molecule has 0 heterocycles. The molecule has 0 atom stereocenters. The van der Waals surface area contributed by atoms with E-state index in [1.54, 1.807) is 0 Å².